The second kappa shape index (κ2) is 2.72. The summed E-state index contributed by atoms with van der Waals surface area (Å²) in [6.07, 6.45) is 2.57. The second-order valence-corrected chi connectivity index (χ2v) is 2.12. The van der Waals surface area contributed by atoms with Crippen LogP contribution in [-0.2, 0) is 4.74 Å². The lowest BCUT2D eigenvalue weighted by molar-refractivity contribution is 0.0639. The van der Waals surface area contributed by atoms with Crippen LogP contribution in [0.3, 0.4) is 0 Å². The van der Waals surface area contributed by atoms with Crippen molar-refractivity contribution in [3.8, 4) is 0 Å². The number of hydrogen-bond acceptors (Lipinski definition) is 2. The molecule has 2 heteroatoms. The molecule has 1 N–H and O–H groups in total. The minimum absolute atomic E-state index is 0.339. The molecule has 0 heterocycles. The van der Waals surface area contributed by atoms with Crippen molar-refractivity contribution >= 4 is 0 Å². The number of aliphatic hydroxyl groups excluding tert-OH is 1. The fourth-order valence-corrected chi connectivity index (χ4v) is 0.248. The summed E-state index contributed by atoms with van der Waals surface area (Å²) in [5, 5.41) is 8.27. The highest BCUT2D eigenvalue weighted by atomic mass is 16.5. The first-order valence-corrected chi connectivity index (χ1v) is 2.49. The van der Waals surface area contributed by atoms with Crippen LogP contribution in [0.1, 0.15) is 13.8 Å². The molecule has 0 aliphatic carbocycles. The van der Waals surface area contributed by atoms with Crippen molar-refractivity contribution in [3.63, 3.8) is 0 Å². The predicted molar refractivity (Wildman–Crippen MR) is 32.9 cm³/mol. The highest BCUT2D eigenvalue weighted by molar-refractivity contribution is 4.91. The molecule has 0 saturated heterocycles. The van der Waals surface area contributed by atoms with E-state index in [4.69, 9.17) is 9.84 Å². The summed E-state index contributed by atoms with van der Waals surface area (Å²) < 4.78 is 4.93. The van der Waals surface area contributed by atoms with Crippen LogP contribution >= 0.6 is 0 Å². The summed E-state index contributed by atoms with van der Waals surface area (Å²) in [5.74, 6) is 0. The van der Waals surface area contributed by atoms with E-state index in [1.54, 1.807) is 13.2 Å². The minimum Gasteiger partial charge on any atom is -0.516 e. The van der Waals surface area contributed by atoms with Crippen LogP contribution in [0, 0.1) is 0 Å². The third-order valence-electron chi connectivity index (χ3n) is 1.00. The zero-order valence-corrected chi connectivity index (χ0v) is 5.51. The Bertz CT molecular complexity index is 84.5. The number of rotatable bonds is 2. The van der Waals surface area contributed by atoms with Gasteiger partial charge in [0, 0.05) is 7.11 Å². The summed E-state index contributed by atoms with van der Waals surface area (Å²) in [4.78, 5) is 0. The van der Waals surface area contributed by atoms with Gasteiger partial charge in [0.2, 0.25) is 0 Å². The molecular weight excluding hydrogens is 104 g/mol. The number of hydrogen-bond donors (Lipinski definition) is 1. The fraction of sp³-hybridized carbons (Fsp3) is 0.667. The molecule has 0 rings (SSSR count). The Morgan fingerprint density at radius 1 is 1.50 bits per heavy atom. The number of aliphatic hydroxyl groups is 1. The zero-order chi connectivity index (χ0) is 6.62. The van der Waals surface area contributed by atoms with E-state index >= 15 is 0 Å². The van der Waals surface area contributed by atoms with Crippen molar-refractivity contribution in [1.29, 1.82) is 0 Å². The van der Waals surface area contributed by atoms with Gasteiger partial charge in [0.1, 0.15) is 0 Å². The molecule has 0 saturated carbocycles. The van der Waals surface area contributed by atoms with Crippen LogP contribution in [0.5, 0.6) is 0 Å². The standard InChI is InChI=1S/C6H12O2/c1-6(2,8-3)4-5-7/h4-5,7H,1-3H3. The van der Waals surface area contributed by atoms with Crippen LogP contribution in [0.25, 0.3) is 0 Å². The van der Waals surface area contributed by atoms with Crippen molar-refractivity contribution in [2.75, 3.05) is 7.11 Å². The SMILES string of the molecule is COC(C)(C)C=CO. The lowest BCUT2D eigenvalue weighted by Crippen LogP contribution is -2.18. The molecule has 0 aliphatic rings. The summed E-state index contributed by atoms with van der Waals surface area (Å²) in [7, 11) is 1.60. The molecule has 0 aliphatic heterocycles. The molecule has 0 aromatic rings. The van der Waals surface area contributed by atoms with Crippen LogP contribution in [0.15, 0.2) is 12.3 Å². The summed E-state index contributed by atoms with van der Waals surface area (Å²) >= 11 is 0. The van der Waals surface area contributed by atoms with E-state index in [0.717, 1.165) is 6.26 Å². The molecule has 8 heavy (non-hydrogen) atoms. The monoisotopic (exact) mass is 116 g/mol. The first-order chi connectivity index (χ1) is 3.62. The molecule has 0 spiro atoms. The highest BCUT2D eigenvalue weighted by Crippen LogP contribution is 2.07. The Hall–Kier alpha value is -0.500. The van der Waals surface area contributed by atoms with Gasteiger partial charge >= 0.3 is 0 Å². The van der Waals surface area contributed by atoms with Gasteiger partial charge in [-0.15, -0.1) is 0 Å². The molecule has 0 bridgehead atoms. The predicted octanol–water partition coefficient (Wildman–Crippen LogP) is 1.48. The first-order valence-electron chi connectivity index (χ1n) is 2.49. The third-order valence-corrected chi connectivity index (χ3v) is 1.00. The Labute approximate surface area is 49.8 Å². The summed E-state index contributed by atoms with van der Waals surface area (Å²) in [5.41, 5.74) is -0.339. The lowest BCUT2D eigenvalue weighted by atomic mass is 10.1. The van der Waals surface area contributed by atoms with E-state index in [1.165, 1.54) is 0 Å². The average Bonchev–Trinajstić information content (AvgIpc) is 1.67. The van der Waals surface area contributed by atoms with Crippen LogP contribution in [-0.4, -0.2) is 17.8 Å². The molecule has 0 fully saturated rings. The molecule has 48 valence electrons. The van der Waals surface area contributed by atoms with Gasteiger partial charge in [0.15, 0.2) is 0 Å². The van der Waals surface area contributed by atoms with Crippen molar-refractivity contribution < 1.29 is 9.84 Å². The average molecular weight is 116 g/mol. The van der Waals surface area contributed by atoms with Gasteiger partial charge in [0.05, 0.1) is 11.9 Å². The Morgan fingerprint density at radius 2 is 2.00 bits per heavy atom. The smallest absolute Gasteiger partial charge is 0.0834 e. The van der Waals surface area contributed by atoms with Gasteiger partial charge in [-0.3, -0.25) is 0 Å². The van der Waals surface area contributed by atoms with E-state index in [1.807, 2.05) is 13.8 Å². The van der Waals surface area contributed by atoms with Gasteiger partial charge in [-0.25, -0.2) is 0 Å². The third kappa shape index (κ3) is 2.64. The summed E-state index contributed by atoms with van der Waals surface area (Å²) in [6.45, 7) is 3.72. The largest absolute Gasteiger partial charge is 0.516 e. The van der Waals surface area contributed by atoms with Gasteiger partial charge in [-0.1, -0.05) is 0 Å². The quantitative estimate of drug-likeness (QED) is 0.554. The van der Waals surface area contributed by atoms with Crippen LogP contribution < -0.4 is 0 Å². The van der Waals surface area contributed by atoms with Gasteiger partial charge in [0.25, 0.3) is 0 Å². The molecule has 0 unspecified atom stereocenters. The van der Waals surface area contributed by atoms with E-state index in [2.05, 4.69) is 0 Å². The summed E-state index contributed by atoms with van der Waals surface area (Å²) in [6, 6.07) is 0. The molecule has 0 aromatic carbocycles. The fourth-order valence-electron chi connectivity index (χ4n) is 0.248. The number of ether oxygens (including phenoxy) is 1. The minimum atomic E-state index is -0.339. The molecule has 0 radical (unpaired) electrons. The van der Waals surface area contributed by atoms with E-state index in [0.29, 0.717) is 0 Å². The maximum atomic E-state index is 8.27. The van der Waals surface area contributed by atoms with Crippen molar-refractivity contribution in [3.05, 3.63) is 12.3 Å². The highest BCUT2D eigenvalue weighted by Gasteiger charge is 2.09. The number of methoxy groups -OCH3 is 1. The molecule has 2 nitrogen and oxygen atoms in total. The Morgan fingerprint density at radius 3 is 2.12 bits per heavy atom. The topological polar surface area (TPSA) is 29.5 Å². The molecule has 0 atom stereocenters. The second-order valence-electron chi connectivity index (χ2n) is 2.12. The maximum Gasteiger partial charge on any atom is 0.0834 e. The normalized spacial score (nSPS) is 12.9. The van der Waals surface area contributed by atoms with Crippen LogP contribution in [0.2, 0.25) is 0 Å². The van der Waals surface area contributed by atoms with Gasteiger partial charge in [-0.2, -0.15) is 0 Å². The van der Waals surface area contributed by atoms with Crippen molar-refractivity contribution in [2.24, 2.45) is 0 Å². The van der Waals surface area contributed by atoms with Crippen LogP contribution in [0.4, 0.5) is 0 Å². The molecule has 0 amide bonds. The first kappa shape index (κ1) is 7.50. The molecular formula is C6H12O2. The van der Waals surface area contributed by atoms with Crippen molar-refractivity contribution in [2.45, 2.75) is 19.4 Å². The Kier molecular flexibility index (Phi) is 2.55. The molecule has 0 aromatic heterocycles. The maximum absolute atomic E-state index is 8.27. The Balaban J connectivity index is 3.71. The zero-order valence-electron chi connectivity index (χ0n) is 5.51. The lowest BCUT2D eigenvalue weighted by Gasteiger charge is -2.16. The van der Waals surface area contributed by atoms with E-state index < -0.39 is 0 Å². The van der Waals surface area contributed by atoms with Crippen molar-refractivity contribution in [1.82, 2.24) is 0 Å². The van der Waals surface area contributed by atoms with Gasteiger partial charge in [-0.05, 0) is 19.9 Å². The van der Waals surface area contributed by atoms with E-state index in [9.17, 15) is 0 Å². The van der Waals surface area contributed by atoms with Gasteiger partial charge < -0.3 is 9.84 Å². The van der Waals surface area contributed by atoms with E-state index in [-0.39, 0.29) is 5.60 Å².